The summed E-state index contributed by atoms with van der Waals surface area (Å²) in [5, 5.41) is 0. The Morgan fingerprint density at radius 1 is 1.04 bits per heavy atom. The van der Waals surface area contributed by atoms with Crippen molar-refractivity contribution in [2.75, 3.05) is 18.1 Å². The number of amides is 1. The van der Waals surface area contributed by atoms with Crippen molar-refractivity contribution in [3.63, 3.8) is 0 Å². The van der Waals surface area contributed by atoms with Crippen molar-refractivity contribution in [3.05, 3.63) is 47.5 Å². The Bertz CT molecular complexity index is 703. The Balaban J connectivity index is 1.74. The fourth-order valence-electron chi connectivity index (χ4n) is 3.62. The number of nitrogens with zero attached hydrogens (tertiary/aromatic N) is 1. The van der Waals surface area contributed by atoms with Gasteiger partial charge in [-0.1, -0.05) is 55.7 Å². The van der Waals surface area contributed by atoms with Crippen LogP contribution in [0.4, 0.5) is 0 Å². The largest absolute Gasteiger partial charge is 0.334 e. The van der Waals surface area contributed by atoms with Gasteiger partial charge in [0.25, 0.3) is 0 Å². The number of benzene rings is 1. The summed E-state index contributed by atoms with van der Waals surface area (Å²) in [6, 6.07) is 9.93. The molecule has 0 atom stereocenters. The van der Waals surface area contributed by atoms with Crippen LogP contribution in [0.1, 0.15) is 37.7 Å². The van der Waals surface area contributed by atoms with E-state index in [-0.39, 0.29) is 23.3 Å². The van der Waals surface area contributed by atoms with Crippen LogP contribution in [0.3, 0.4) is 0 Å². The summed E-state index contributed by atoms with van der Waals surface area (Å²) in [5.41, 5.74) is 1.94. The molecular formula is C19H25NO3S. The molecule has 0 unspecified atom stereocenters. The first-order chi connectivity index (χ1) is 11.5. The van der Waals surface area contributed by atoms with E-state index in [1.807, 2.05) is 35.2 Å². The molecule has 1 fully saturated rings. The number of carbonyl (C=O) groups is 1. The molecule has 0 bridgehead atoms. The van der Waals surface area contributed by atoms with Crippen LogP contribution in [-0.4, -0.2) is 37.3 Å². The van der Waals surface area contributed by atoms with E-state index in [0.717, 1.165) is 36.8 Å². The molecule has 1 aliphatic heterocycles. The van der Waals surface area contributed by atoms with Crippen LogP contribution in [0.5, 0.6) is 0 Å². The lowest BCUT2D eigenvalue weighted by Crippen LogP contribution is -2.38. The maximum Gasteiger partial charge on any atom is 0.226 e. The van der Waals surface area contributed by atoms with Crippen LogP contribution >= 0.6 is 0 Å². The quantitative estimate of drug-likeness (QED) is 0.770. The smallest absolute Gasteiger partial charge is 0.226 e. The van der Waals surface area contributed by atoms with Gasteiger partial charge in [0, 0.05) is 19.0 Å². The van der Waals surface area contributed by atoms with Crippen molar-refractivity contribution in [1.29, 1.82) is 0 Å². The maximum atomic E-state index is 13.0. The molecule has 0 aromatic heterocycles. The molecule has 1 aromatic rings. The third kappa shape index (κ3) is 4.47. The summed E-state index contributed by atoms with van der Waals surface area (Å²) in [5.74, 6) is 0.486. The molecule has 0 radical (unpaired) electrons. The van der Waals surface area contributed by atoms with Gasteiger partial charge in [0.1, 0.15) is 0 Å². The second-order valence-corrected chi connectivity index (χ2v) is 9.04. The lowest BCUT2D eigenvalue weighted by molar-refractivity contribution is -0.136. The van der Waals surface area contributed by atoms with Gasteiger partial charge in [-0.15, -0.1) is 0 Å². The second-order valence-electron chi connectivity index (χ2n) is 6.93. The number of sulfone groups is 1. The second kappa shape index (κ2) is 7.51. The standard InChI is InChI=1S/C19H25NO3S/c21-19(18-9-5-2-6-10-18)20(13-16-7-3-1-4-8-16)14-17-11-12-24(22,23)15-17/h1,3-4,7-8,11,18H,2,5-6,9-10,12-15H2. The van der Waals surface area contributed by atoms with Crippen molar-refractivity contribution in [2.24, 2.45) is 5.92 Å². The van der Waals surface area contributed by atoms with Crippen molar-refractivity contribution in [2.45, 2.75) is 38.6 Å². The monoisotopic (exact) mass is 347 g/mol. The summed E-state index contributed by atoms with van der Waals surface area (Å²) in [7, 11) is -3.00. The summed E-state index contributed by atoms with van der Waals surface area (Å²) in [6.45, 7) is 0.983. The number of rotatable bonds is 5. The van der Waals surface area contributed by atoms with Gasteiger partial charge in [-0.25, -0.2) is 8.42 Å². The highest BCUT2D eigenvalue weighted by atomic mass is 32.2. The maximum absolute atomic E-state index is 13.0. The third-order valence-electron chi connectivity index (χ3n) is 4.91. The van der Waals surface area contributed by atoms with Gasteiger partial charge >= 0.3 is 0 Å². The number of hydrogen-bond donors (Lipinski definition) is 0. The van der Waals surface area contributed by atoms with Crippen LogP contribution < -0.4 is 0 Å². The van der Waals surface area contributed by atoms with E-state index in [1.54, 1.807) is 6.08 Å². The highest BCUT2D eigenvalue weighted by molar-refractivity contribution is 7.92. The Morgan fingerprint density at radius 3 is 2.38 bits per heavy atom. The van der Waals surface area contributed by atoms with E-state index in [1.165, 1.54) is 6.42 Å². The van der Waals surface area contributed by atoms with E-state index in [0.29, 0.717) is 13.1 Å². The summed E-state index contributed by atoms with van der Waals surface area (Å²) >= 11 is 0. The van der Waals surface area contributed by atoms with E-state index >= 15 is 0 Å². The van der Waals surface area contributed by atoms with Crippen molar-refractivity contribution < 1.29 is 13.2 Å². The zero-order valence-corrected chi connectivity index (χ0v) is 14.8. The minimum Gasteiger partial charge on any atom is -0.334 e. The van der Waals surface area contributed by atoms with Crippen LogP contribution in [0.25, 0.3) is 0 Å². The van der Waals surface area contributed by atoms with Crippen molar-refractivity contribution in [3.8, 4) is 0 Å². The van der Waals surface area contributed by atoms with Crippen LogP contribution in [-0.2, 0) is 21.2 Å². The third-order valence-corrected chi connectivity index (χ3v) is 6.39. The summed E-state index contributed by atoms with van der Waals surface area (Å²) < 4.78 is 23.4. The minimum absolute atomic E-state index is 0.0935. The average Bonchev–Trinajstić information content (AvgIpc) is 2.94. The van der Waals surface area contributed by atoms with Gasteiger partial charge in [0.15, 0.2) is 9.84 Å². The SMILES string of the molecule is O=C(C1CCCCC1)N(CC1=CCS(=O)(=O)C1)Cc1ccccc1. The fraction of sp³-hybridized carbons (Fsp3) is 0.526. The first-order valence-corrected chi connectivity index (χ1v) is 10.6. The summed E-state index contributed by atoms with van der Waals surface area (Å²) in [4.78, 5) is 14.9. The molecule has 2 aliphatic rings. The van der Waals surface area contributed by atoms with Gasteiger partial charge in [-0.3, -0.25) is 4.79 Å². The van der Waals surface area contributed by atoms with Crippen molar-refractivity contribution >= 4 is 15.7 Å². The van der Waals surface area contributed by atoms with Crippen molar-refractivity contribution in [1.82, 2.24) is 4.90 Å². The van der Waals surface area contributed by atoms with E-state index in [9.17, 15) is 13.2 Å². The molecule has 24 heavy (non-hydrogen) atoms. The first kappa shape index (κ1) is 17.2. The Labute approximate surface area is 144 Å². The zero-order valence-electron chi connectivity index (χ0n) is 14.0. The number of carbonyl (C=O) groups excluding carboxylic acids is 1. The van der Waals surface area contributed by atoms with E-state index in [4.69, 9.17) is 0 Å². The topological polar surface area (TPSA) is 54.5 Å². The molecule has 0 N–H and O–H groups in total. The van der Waals surface area contributed by atoms with E-state index in [2.05, 4.69) is 0 Å². The van der Waals surface area contributed by atoms with Gasteiger partial charge < -0.3 is 4.90 Å². The normalized spacial score (nSPS) is 20.6. The lowest BCUT2D eigenvalue weighted by Gasteiger charge is -2.30. The molecule has 1 heterocycles. The molecular weight excluding hydrogens is 322 g/mol. The molecule has 0 spiro atoms. The lowest BCUT2D eigenvalue weighted by atomic mass is 9.88. The predicted octanol–water partition coefficient (Wildman–Crippen LogP) is 2.95. The predicted molar refractivity (Wildman–Crippen MR) is 95.2 cm³/mol. The Morgan fingerprint density at radius 2 is 1.75 bits per heavy atom. The van der Waals surface area contributed by atoms with E-state index < -0.39 is 9.84 Å². The highest BCUT2D eigenvalue weighted by Crippen LogP contribution is 2.27. The Hall–Kier alpha value is -1.62. The molecule has 0 saturated heterocycles. The van der Waals surface area contributed by atoms with Crippen LogP contribution in [0, 0.1) is 5.92 Å². The first-order valence-electron chi connectivity index (χ1n) is 8.74. The molecule has 4 nitrogen and oxygen atoms in total. The molecule has 1 amide bonds. The molecule has 1 aromatic carbocycles. The molecule has 5 heteroatoms. The average molecular weight is 347 g/mol. The van der Waals surface area contributed by atoms with Crippen LogP contribution in [0.15, 0.2) is 42.0 Å². The summed E-state index contributed by atoms with van der Waals surface area (Å²) in [6.07, 6.45) is 7.15. The highest BCUT2D eigenvalue weighted by Gasteiger charge is 2.28. The minimum atomic E-state index is -3.00. The zero-order chi connectivity index (χ0) is 17.0. The molecule has 3 rings (SSSR count). The van der Waals surface area contributed by atoms with Gasteiger partial charge in [0.2, 0.25) is 5.91 Å². The Kier molecular flexibility index (Phi) is 5.39. The van der Waals surface area contributed by atoms with Gasteiger partial charge in [-0.05, 0) is 24.0 Å². The number of hydrogen-bond acceptors (Lipinski definition) is 3. The molecule has 130 valence electrons. The van der Waals surface area contributed by atoms with Gasteiger partial charge in [0.05, 0.1) is 11.5 Å². The molecule has 1 aliphatic carbocycles. The molecule has 1 saturated carbocycles. The van der Waals surface area contributed by atoms with Gasteiger partial charge in [-0.2, -0.15) is 0 Å². The fourth-order valence-corrected chi connectivity index (χ4v) is 5.01. The van der Waals surface area contributed by atoms with Crippen LogP contribution in [0.2, 0.25) is 0 Å².